The van der Waals surface area contributed by atoms with Gasteiger partial charge < -0.3 is 10.1 Å². The molecule has 0 radical (unpaired) electrons. The van der Waals surface area contributed by atoms with E-state index in [0.717, 1.165) is 0 Å². The van der Waals surface area contributed by atoms with Crippen LogP contribution in [0.25, 0.3) is 0 Å². The van der Waals surface area contributed by atoms with Crippen molar-refractivity contribution in [2.24, 2.45) is 5.10 Å². The van der Waals surface area contributed by atoms with E-state index in [9.17, 15) is 14.4 Å². The first kappa shape index (κ1) is 16.2. The fourth-order valence-corrected chi connectivity index (χ4v) is 1.83. The van der Waals surface area contributed by atoms with Gasteiger partial charge in [0.05, 0.1) is 11.3 Å². The summed E-state index contributed by atoms with van der Waals surface area (Å²) in [6.07, 6.45) is -0.769. The first-order valence-corrected chi connectivity index (χ1v) is 6.87. The first-order valence-electron chi connectivity index (χ1n) is 6.87. The second-order valence-corrected chi connectivity index (χ2v) is 4.79. The number of benzene rings is 1. The van der Waals surface area contributed by atoms with Crippen molar-refractivity contribution in [3.63, 3.8) is 0 Å². The Morgan fingerprint density at radius 2 is 2.13 bits per heavy atom. The summed E-state index contributed by atoms with van der Waals surface area (Å²) in [5.41, 5.74) is 2.88. The fourth-order valence-electron chi connectivity index (χ4n) is 1.83. The van der Waals surface area contributed by atoms with Crippen LogP contribution in [0.4, 0.5) is 5.69 Å². The number of para-hydroxylation sites is 1. The van der Waals surface area contributed by atoms with Crippen LogP contribution in [0.3, 0.4) is 0 Å². The van der Waals surface area contributed by atoms with E-state index in [0.29, 0.717) is 11.3 Å². The monoisotopic (exact) mass is 314 g/mol. The zero-order valence-corrected chi connectivity index (χ0v) is 12.3. The number of carbonyl (C=O) groups is 3. The van der Waals surface area contributed by atoms with E-state index in [1.54, 1.807) is 24.3 Å². The number of nitrogens with one attached hydrogen (secondary N) is 2. The summed E-state index contributed by atoms with van der Waals surface area (Å²) in [4.78, 5) is 34.9. The highest BCUT2D eigenvalue weighted by Crippen LogP contribution is 2.14. The molecule has 1 aliphatic rings. The Kier molecular flexibility index (Phi) is 5.04. The molecule has 0 saturated heterocycles. The highest BCUT2D eigenvalue weighted by molar-refractivity contribution is 6.37. The van der Waals surface area contributed by atoms with Gasteiger partial charge in [-0.15, -0.1) is 0 Å². The standard InChI is InChI=1S/C15H14N4O4/c1-9(23-15(22)12-6-7-13(20)19-18-12)14(21)17-11-5-3-2-4-10(11)8-16/h2-5,9H,6-7H2,1H3,(H,17,21)(H,19,20)/t9-/m0/s1. The second kappa shape index (κ2) is 7.17. The summed E-state index contributed by atoms with van der Waals surface area (Å²) in [5.74, 6) is -1.61. The average Bonchev–Trinajstić information content (AvgIpc) is 2.55. The van der Waals surface area contributed by atoms with Gasteiger partial charge in [-0.3, -0.25) is 9.59 Å². The van der Waals surface area contributed by atoms with Gasteiger partial charge in [-0.2, -0.15) is 10.4 Å². The molecular weight excluding hydrogens is 300 g/mol. The lowest BCUT2D eigenvalue weighted by atomic mass is 10.2. The van der Waals surface area contributed by atoms with E-state index < -0.39 is 18.0 Å². The van der Waals surface area contributed by atoms with Gasteiger partial charge in [0.1, 0.15) is 11.8 Å². The Balaban J connectivity index is 1.96. The van der Waals surface area contributed by atoms with E-state index in [-0.39, 0.29) is 24.5 Å². The van der Waals surface area contributed by atoms with Gasteiger partial charge in [0.2, 0.25) is 5.91 Å². The molecule has 2 rings (SSSR count). The third-order valence-electron chi connectivity index (χ3n) is 3.10. The topological polar surface area (TPSA) is 121 Å². The van der Waals surface area contributed by atoms with E-state index in [2.05, 4.69) is 15.8 Å². The normalized spacial score (nSPS) is 14.8. The van der Waals surface area contributed by atoms with Gasteiger partial charge >= 0.3 is 5.97 Å². The molecule has 23 heavy (non-hydrogen) atoms. The molecule has 8 nitrogen and oxygen atoms in total. The molecule has 0 aromatic heterocycles. The summed E-state index contributed by atoms with van der Waals surface area (Å²) in [6.45, 7) is 1.41. The molecule has 0 saturated carbocycles. The SMILES string of the molecule is C[C@H](OC(=O)C1=NNC(=O)CC1)C(=O)Nc1ccccc1C#N. The third kappa shape index (κ3) is 4.14. The van der Waals surface area contributed by atoms with Crippen LogP contribution in [0.2, 0.25) is 0 Å². The van der Waals surface area contributed by atoms with E-state index in [4.69, 9.17) is 10.00 Å². The fraction of sp³-hybridized carbons (Fsp3) is 0.267. The smallest absolute Gasteiger partial charge is 0.355 e. The number of hydrazone groups is 1. The van der Waals surface area contributed by atoms with Crippen LogP contribution in [-0.4, -0.2) is 29.6 Å². The minimum Gasteiger partial charge on any atom is -0.448 e. The number of carbonyl (C=O) groups excluding carboxylic acids is 3. The first-order chi connectivity index (χ1) is 11.0. The molecule has 0 aliphatic carbocycles. The maximum Gasteiger partial charge on any atom is 0.355 e. The van der Waals surface area contributed by atoms with Gasteiger partial charge in [0.25, 0.3) is 5.91 Å². The summed E-state index contributed by atoms with van der Waals surface area (Å²) >= 11 is 0. The molecule has 0 spiro atoms. The van der Waals surface area contributed by atoms with Crippen molar-refractivity contribution in [1.29, 1.82) is 5.26 Å². The van der Waals surface area contributed by atoms with Gasteiger partial charge in [-0.25, -0.2) is 10.2 Å². The number of esters is 1. The van der Waals surface area contributed by atoms with Crippen molar-refractivity contribution in [3.05, 3.63) is 29.8 Å². The van der Waals surface area contributed by atoms with Crippen LogP contribution in [-0.2, 0) is 19.1 Å². The van der Waals surface area contributed by atoms with Gasteiger partial charge in [-0.1, -0.05) is 12.1 Å². The van der Waals surface area contributed by atoms with Crippen molar-refractivity contribution >= 4 is 29.2 Å². The van der Waals surface area contributed by atoms with E-state index in [1.165, 1.54) is 6.92 Å². The quantitative estimate of drug-likeness (QED) is 0.792. The van der Waals surface area contributed by atoms with Gasteiger partial charge in [-0.05, 0) is 19.1 Å². The predicted molar refractivity (Wildman–Crippen MR) is 80.2 cm³/mol. The highest BCUT2D eigenvalue weighted by Gasteiger charge is 2.24. The number of hydrogen-bond acceptors (Lipinski definition) is 6. The van der Waals surface area contributed by atoms with Crippen LogP contribution in [0.5, 0.6) is 0 Å². The maximum absolute atomic E-state index is 12.0. The van der Waals surface area contributed by atoms with Crippen molar-refractivity contribution < 1.29 is 19.1 Å². The minimum atomic E-state index is -1.07. The molecule has 0 unspecified atom stereocenters. The summed E-state index contributed by atoms with van der Waals surface area (Å²) in [5, 5.41) is 15.1. The molecule has 1 atom stereocenters. The zero-order valence-electron chi connectivity index (χ0n) is 12.3. The lowest BCUT2D eigenvalue weighted by molar-refractivity contribution is -0.146. The Bertz CT molecular complexity index is 720. The summed E-state index contributed by atoms with van der Waals surface area (Å²) in [7, 11) is 0. The minimum absolute atomic E-state index is 0.0571. The van der Waals surface area contributed by atoms with Crippen LogP contribution in [0, 0.1) is 11.3 Å². The number of rotatable bonds is 4. The summed E-state index contributed by atoms with van der Waals surface area (Å²) in [6, 6.07) is 8.44. The van der Waals surface area contributed by atoms with Crippen LogP contribution in [0.15, 0.2) is 29.4 Å². The number of nitriles is 1. The number of nitrogens with zero attached hydrogens (tertiary/aromatic N) is 2. The number of anilines is 1. The largest absolute Gasteiger partial charge is 0.448 e. The van der Waals surface area contributed by atoms with Crippen molar-refractivity contribution in [3.8, 4) is 6.07 Å². The average molecular weight is 314 g/mol. The molecule has 0 fully saturated rings. The predicted octanol–water partition coefficient (Wildman–Crippen LogP) is 0.694. The Hall–Kier alpha value is -3.21. The highest BCUT2D eigenvalue weighted by atomic mass is 16.5. The van der Waals surface area contributed by atoms with Crippen LogP contribution < -0.4 is 10.7 Å². The number of ether oxygens (including phenoxy) is 1. The zero-order chi connectivity index (χ0) is 16.8. The van der Waals surface area contributed by atoms with E-state index in [1.807, 2.05) is 6.07 Å². The third-order valence-corrected chi connectivity index (χ3v) is 3.10. The van der Waals surface area contributed by atoms with Crippen molar-refractivity contribution in [2.75, 3.05) is 5.32 Å². The number of amides is 2. The molecule has 0 bridgehead atoms. The molecule has 2 N–H and O–H groups in total. The lowest BCUT2D eigenvalue weighted by Gasteiger charge is -2.16. The molecule has 1 aromatic rings. The Morgan fingerprint density at radius 1 is 1.39 bits per heavy atom. The molecule has 2 amide bonds. The molecule has 1 aliphatic heterocycles. The Morgan fingerprint density at radius 3 is 2.78 bits per heavy atom. The molecule has 8 heteroatoms. The van der Waals surface area contributed by atoms with Crippen molar-refractivity contribution in [1.82, 2.24) is 5.43 Å². The number of hydrogen-bond donors (Lipinski definition) is 2. The summed E-state index contributed by atoms with van der Waals surface area (Å²) < 4.78 is 5.02. The molecule has 1 aromatic carbocycles. The van der Waals surface area contributed by atoms with Gasteiger partial charge in [0, 0.05) is 12.8 Å². The Labute approximate surface area is 132 Å². The molecule has 118 valence electrons. The lowest BCUT2D eigenvalue weighted by Crippen LogP contribution is -2.35. The van der Waals surface area contributed by atoms with E-state index >= 15 is 0 Å². The van der Waals surface area contributed by atoms with Crippen LogP contribution in [0.1, 0.15) is 25.3 Å². The molecular formula is C15H14N4O4. The van der Waals surface area contributed by atoms with Crippen LogP contribution >= 0.6 is 0 Å². The van der Waals surface area contributed by atoms with Gasteiger partial charge in [0.15, 0.2) is 6.10 Å². The van der Waals surface area contributed by atoms with Crippen molar-refractivity contribution in [2.45, 2.75) is 25.9 Å². The molecule has 1 heterocycles. The maximum atomic E-state index is 12.0. The second-order valence-electron chi connectivity index (χ2n) is 4.79.